The van der Waals surface area contributed by atoms with Crippen molar-refractivity contribution in [3.05, 3.63) is 148 Å². The average molecular weight is 627 g/mol. The van der Waals surface area contributed by atoms with Gasteiger partial charge in [-0.05, 0) is 34.4 Å². The number of carbonyl (C=O) groups excluding carboxylic acids is 3. The molecule has 1 atom stereocenters. The fraction of sp³-hybridized carbons (Fsp3) is 0.135. The smallest absolute Gasteiger partial charge is 0.408 e. The number of ether oxygens (including phenoxy) is 3. The van der Waals surface area contributed by atoms with Crippen LogP contribution in [0.25, 0.3) is 11.1 Å². The Kier molecular flexibility index (Phi) is 8.45. The van der Waals surface area contributed by atoms with Crippen molar-refractivity contribution in [2.75, 3.05) is 19.1 Å². The largest absolute Gasteiger partial charge is 0.466 e. The lowest BCUT2D eigenvalue weighted by molar-refractivity contribution is -0.139. The molecule has 6 rings (SSSR count). The van der Waals surface area contributed by atoms with Crippen LogP contribution in [0.3, 0.4) is 0 Å². The Balaban J connectivity index is 1.26. The van der Waals surface area contributed by atoms with E-state index in [9.17, 15) is 19.6 Å². The van der Waals surface area contributed by atoms with Crippen LogP contribution in [0.1, 0.15) is 34.3 Å². The van der Waals surface area contributed by atoms with Gasteiger partial charge in [0, 0.05) is 23.4 Å². The van der Waals surface area contributed by atoms with Crippen LogP contribution in [0, 0.1) is 11.3 Å². The molecule has 0 bridgehead atoms. The maximum absolute atomic E-state index is 13.3. The Morgan fingerprint density at radius 1 is 0.809 bits per heavy atom. The number of alkyl carbamates (subject to hydrolysis) is 1. The van der Waals surface area contributed by atoms with E-state index in [0.717, 1.165) is 27.8 Å². The highest BCUT2D eigenvalue weighted by molar-refractivity contribution is 6.06. The van der Waals surface area contributed by atoms with Gasteiger partial charge in [0.05, 0.1) is 37.4 Å². The molecule has 1 aliphatic heterocycles. The van der Waals surface area contributed by atoms with Crippen molar-refractivity contribution in [3.63, 3.8) is 0 Å². The number of carbonyl (C=O) groups is 3. The molecule has 1 amide bonds. The Bertz CT molecular complexity index is 1930. The van der Waals surface area contributed by atoms with Gasteiger partial charge in [-0.1, -0.05) is 91.0 Å². The van der Waals surface area contributed by atoms with E-state index in [1.54, 1.807) is 54.6 Å². The molecule has 0 aromatic heterocycles. The predicted octanol–water partition coefficient (Wildman–Crippen LogP) is 5.58. The minimum atomic E-state index is -0.965. The van der Waals surface area contributed by atoms with Gasteiger partial charge in [0.1, 0.15) is 11.5 Å². The second-order valence-electron chi connectivity index (χ2n) is 10.8. The third-order valence-electron chi connectivity index (χ3n) is 8.24. The normalized spacial score (nSPS) is 15.3. The summed E-state index contributed by atoms with van der Waals surface area (Å²) in [7, 11) is 2.39. The van der Waals surface area contributed by atoms with Crippen molar-refractivity contribution in [1.82, 2.24) is 5.32 Å². The van der Waals surface area contributed by atoms with Crippen molar-refractivity contribution in [3.8, 4) is 17.2 Å². The van der Waals surface area contributed by atoms with Gasteiger partial charge in [-0.3, -0.25) is 4.90 Å². The number of hydrogen-bond donors (Lipinski definition) is 2. The third-order valence-corrected chi connectivity index (χ3v) is 8.24. The van der Waals surface area contributed by atoms with Gasteiger partial charge < -0.3 is 25.3 Å². The Labute approximate surface area is 271 Å². The molecule has 1 unspecified atom stereocenters. The number of nitrogens with zero attached hydrogens (tertiary/aromatic N) is 2. The van der Waals surface area contributed by atoms with Crippen molar-refractivity contribution in [2.24, 2.45) is 5.73 Å². The van der Waals surface area contributed by atoms with Crippen LogP contribution in [-0.4, -0.2) is 32.3 Å². The van der Waals surface area contributed by atoms with Gasteiger partial charge in [0.25, 0.3) is 0 Å². The van der Waals surface area contributed by atoms with Crippen LogP contribution in [0.15, 0.2) is 126 Å². The number of nitriles is 1. The second-order valence-corrected chi connectivity index (χ2v) is 10.8. The van der Waals surface area contributed by atoms with E-state index >= 15 is 0 Å². The van der Waals surface area contributed by atoms with Gasteiger partial charge in [0.2, 0.25) is 0 Å². The molecular weight excluding hydrogens is 596 g/mol. The lowest BCUT2D eigenvalue weighted by atomic mass is 9.81. The number of nitrogens with one attached hydrogen (secondary N) is 1. The molecule has 0 radical (unpaired) electrons. The zero-order valence-corrected chi connectivity index (χ0v) is 25.6. The van der Waals surface area contributed by atoms with Gasteiger partial charge in [-0.15, -0.1) is 0 Å². The van der Waals surface area contributed by atoms with E-state index in [4.69, 9.17) is 19.9 Å². The molecule has 0 saturated heterocycles. The predicted molar refractivity (Wildman–Crippen MR) is 173 cm³/mol. The number of benzene rings is 4. The molecule has 4 aromatic rings. The molecule has 2 aliphatic rings. The number of fused-ring (bicyclic) bond motifs is 3. The molecule has 10 nitrogen and oxygen atoms in total. The van der Waals surface area contributed by atoms with Crippen LogP contribution in [0.4, 0.5) is 10.5 Å². The Morgan fingerprint density at radius 3 is 1.96 bits per heavy atom. The SMILES string of the molecule is COC(=O)C1=C(C(=O)OC)N(c2ccc(CNC(=O)OC3c4ccccc4-c4ccccc43)cc2)C(N)=C(C#N)C1c1ccccc1. The van der Waals surface area contributed by atoms with Gasteiger partial charge >= 0.3 is 18.0 Å². The van der Waals surface area contributed by atoms with Crippen LogP contribution in [0.2, 0.25) is 0 Å². The minimum Gasteiger partial charge on any atom is -0.466 e. The summed E-state index contributed by atoms with van der Waals surface area (Å²) in [5, 5.41) is 13.0. The topological polar surface area (TPSA) is 144 Å². The first-order valence-electron chi connectivity index (χ1n) is 14.7. The molecule has 1 heterocycles. The molecule has 0 fully saturated rings. The number of esters is 2. The first-order valence-corrected chi connectivity index (χ1v) is 14.7. The molecule has 0 spiro atoms. The highest BCUT2D eigenvalue weighted by Crippen LogP contribution is 2.45. The first-order chi connectivity index (χ1) is 22.9. The zero-order valence-electron chi connectivity index (χ0n) is 25.6. The minimum absolute atomic E-state index is 0.0408. The van der Waals surface area contributed by atoms with E-state index in [1.165, 1.54) is 19.1 Å². The third kappa shape index (κ3) is 5.55. The zero-order chi connectivity index (χ0) is 33.1. The van der Waals surface area contributed by atoms with E-state index in [-0.39, 0.29) is 29.2 Å². The quantitative estimate of drug-likeness (QED) is 0.198. The first kappa shape index (κ1) is 30.7. The Morgan fingerprint density at radius 2 is 1.38 bits per heavy atom. The molecule has 3 N–H and O–H groups in total. The van der Waals surface area contributed by atoms with E-state index in [0.29, 0.717) is 11.3 Å². The number of hydrogen-bond acceptors (Lipinski definition) is 9. The number of anilines is 1. The van der Waals surface area contributed by atoms with Crippen LogP contribution >= 0.6 is 0 Å². The van der Waals surface area contributed by atoms with Crippen molar-refractivity contribution in [2.45, 2.75) is 18.6 Å². The number of rotatable bonds is 7. The van der Waals surface area contributed by atoms with E-state index < -0.39 is 30.1 Å². The van der Waals surface area contributed by atoms with Crippen molar-refractivity contribution in [1.29, 1.82) is 5.26 Å². The lowest BCUT2D eigenvalue weighted by Gasteiger charge is -2.35. The number of methoxy groups -OCH3 is 2. The number of allylic oxidation sites excluding steroid dienone is 1. The summed E-state index contributed by atoms with van der Waals surface area (Å²) in [5.74, 6) is -2.65. The average Bonchev–Trinajstić information content (AvgIpc) is 3.43. The summed E-state index contributed by atoms with van der Waals surface area (Å²) in [5.41, 5.74) is 12.0. The van der Waals surface area contributed by atoms with Crippen molar-refractivity contribution >= 4 is 23.7 Å². The summed E-state index contributed by atoms with van der Waals surface area (Å²) in [6, 6.07) is 33.4. The maximum Gasteiger partial charge on any atom is 0.408 e. The van der Waals surface area contributed by atoms with Gasteiger partial charge in [-0.25, -0.2) is 14.4 Å². The molecule has 1 aliphatic carbocycles. The number of amides is 1. The summed E-state index contributed by atoms with van der Waals surface area (Å²) in [4.78, 5) is 40.8. The summed E-state index contributed by atoms with van der Waals surface area (Å²) in [6.45, 7) is 0.146. The second kappa shape index (κ2) is 12.9. The van der Waals surface area contributed by atoms with Gasteiger partial charge in [-0.2, -0.15) is 5.26 Å². The van der Waals surface area contributed by atoms with E-state index in [1.807, 2.05) is 48.5 Å². The fourth-order valence-electron chi connectivity index (χ4n) is 6.10. The van der Waals surface area contributed by atoms with Crippen molar-refractivity contribution < 1.29 is 28.6 Å². The molecular formula is C37H30N4O6. The summed E-state index contributed by atoms with van der Waals surface area (Å²) >= 11 is 0. The monoisotopic (exact) mass is 626 g/mol. The standard InChI is InChI=1S/C37H30N4O6/c1-45-35(42)31-30(23-10-4-3-5-11-23)29(20-38)34(39)41(32(31)36(43)46-2)24-18-16-22(17-19-24)21-40-37(44)47-33-27-14-8-6-12-25(27)26-13-7-9-15-28(26)33/h3-19,30,33H,21,39H2,1-2H3,(H,40,44). The van der Waals surface area contributed by atoms with Crippen LogP contribution in [-0.2, 0) is 30.3 Å². The van der Waals surface area contributed by atoms with Crippen LogP contribution in [0.5, 0.6) is 0 Å². The summed E-state index contributed by atoms with van der Waals surface area (Å²) < 4.78 is 16.0. The molecule has 10 heteroatoms. The molecule has 47 heavy (non-hydrogen) atoms. The Hall–Kier alpha value is -6.34. The summed E-state index contributed by atoms with van der Waals surface area (Å²) in [6.07, 6.45) is -1.11. The van der Waals surface area contributed by atoms with E-state index in [2.05, 4.69) is 11.4 Å². The highest BCUT2D eigenvalue weighted by Gasteiger charge is 2.43. The fourth-order valence-corrected chi connectivity index (χ4v) is 6.10. The lowest BCUT2D eigenvalue weighted by Crippen LogP contribution is -2.40. The highest BCUT2D eigenvalue weighted by atomic mass is 16.6. The number of nitrogens with two attached hydrogens (primary N) is 1. The molecule has 234 valence electrons. The molecule has 4 aromatic carbocycles. The maximum atomic E-state index is 13.3. The van der Waals surface area contributed by atoms with Gasteiger partial charge in [0.15, 0.2) is 6.10 Å². The molecule has 0 saturated carbocycles. The van der Waals surface area contributed by atoms with Crippen LogP contribution < -0.4 is 16.0 Å².